The number of aromatic nitrogens is 1. The molecule has 0 amide bonds. The van der Waals surface area contributed by atoms with Crippen LogP contribution in [0.3, 0.4) is 0 Å². The van der Waals surface area contributed by atoms with Gasteiger partial charge in [0, 0.05) is 18.8 Å². The van der Waals surface area contributed by atoms with Gasteiger partial charge in [-0.15, -0.1) is 0 Å². The number of pyridine rings is 1. The van der Waals surface area contributed by atoms with Crippen molar-refractivity contribution < 1.29 is 0 Å². The lowest BCUT2D eigenvalue weighted by atomic mass is 10.1. The van der Waals surface area contributed by atoms with E-state index in [1.165, 1.54) is 16.8 Å². The van der Waals surface area contributed by atoms with Crippen molar-refractivity contribution in [2.45, 2.75) is 32.1 Å². The highest BCUT2D eigenvalue weighted by Crippen LogP contribution is 2.25. The van der Waals surface area contributed by atoms with Crippen molar-refractivity contribution in [3.05, 3.63) is 34.5 Å². The van der Waals surface area contributed by atoms with Gasteiger partial charge in [-0.25, -0.2) is 4.98 Å². The lowest BCUT2D eigenvalue weighted by Crippen LogP contribution is -2.21. The molecule has 0 radical (unpaired) electrons. The summed E-state index contributed by atoms with van der Waals surface area (Å²) in [4.78, 5) is 4.64. The minimum atomic E-state index is 0.685. The molecule has 104 valence electrons. The number of hydrogen-bond acceptors (Lipinski definition) is 4. The zero-order chi connectivity index (χ0) is 13.8. The van der Waals surface area contributed by atoms with Gasteiger partial charge in [0.05, 0.1) is 5.56 Å². The topological polar surface area (TPSA) is 60.7 Å². The molecule has 0 fully saturated rings. The van der Waals surface area contributed by atoms with Crippen LogP contribution in [0.5, 0.6) is 0 Å². The Labute approximate surface area is 119 Å². The second-order valence-corrected chi connectivity index (χ2v) is 5.45. The van der Waals surface area contributed by atoms with Crippen LogP contribution in [0.25, 0.3) is 0 Å². The van der Waals surface area contributed by atoms with E-state index in [0.29, 0.717) is 5.56 Å². The first-order valence-corrected chi connectivity index (χ1v) is 7.42. The maximum absolute atomic E-state index is 9.25. The number of hydrogen-bond donors (Lipinski definition) is 2. The van der Waals surface area contributed by atoms with Crippen molar-refractivity contribution in [3.8, 4) is 6.07 Å². The van der Waals surface area contributed by atoms with Gasteiger partial charge in [-0.1, -0.05) is 11.6 Å². The molecule has 0 unspecified atom stereocenters. The maximum Gasteiger partial charge on any atom is 0.144 e. The Morgan fingerprint density at radius 1 is 1.35 bits per heavy atom. The molecule has 1 aromatic rings. The van der Waals surface area contributed by atoms with E-state index in [-0.39, 0.29) is 0 Å². The van der Waals surface area contributed by atoms with Crippen LogP contribution in [0.2, 0.25) is 0 Å². The van der Waals surface area contributed by atoms with Crippen LogP contribution in [0.1, 0.15) is 36.1 Å². The summed E-state index contributed by atoms with van der Waals surface area (Å²) in [7, 11) is 0. The fraction of sp³-hybridized carbons (Fsp3) is 0.500. The molecule has 0 spiro atoms. The lowest BCUT2D eigenvalue weighted by molar-refractivity contribution is 0.683. The normalized spacial score (nSPS) is 17.2. The molecule has 4 heteroatoms. The highest BCUT2D eigenvalue weighted by Gasteiger charge is 2.16. The highest BCUT2D eigenvalue weighted by molar-refractivity contribution is 5.55. The van der Waals surface area contributed by atoms with Gasteiger partial charge in [0.15, 0.2) is 0 Å². The number of fused-ring (bicyclic) bond motifs is 1. The van der Waals surface area contributed by atoms with E-state index in [1.54, 1.807) is 0 Å². The van der Waals surface area contributed by atoms with Crippen LogP contribution >= 0.6 is 0 Å². The first kappa shape index (κ1) is 13.1. The largest absolute Gasteiger partial charge is 0.369 e. The van der Waals surface area contributed by atoms with Gasteiger partial charge < -0.3 is 10.6 Å². The van der Waals surface area contributed by atoms with Crippen molar-refractivity contribution in [1.29, 1.82) is 5.26 Å². The summed E-state index contributed by atoms with van der Waals surface area (Å²) in [5.41, 5.74) is 4.61. The van der Waals surface area contributed by atoms with Crippen molar-refractivity contribution >= 4 is 5.82 Å². The summed E-state index contributed by atoms with van der Waals surface area (Å²) < 4.78 is 0. The van der Waals surface area contributed by atoms with Crippen LogP contribution < -0.4 is 10.6 Å². The summed E-state index contributed by atoms with van der Waals surface area (Å²) >= 11 is 0. The highest BCUT2D eigenvalue weighted by atomic mass is 15.0. The molecular weight excluding hydrogens is 248 g/mol. The molecule has 1 aliphatic heterocycles. The summed E-state index contributed by atoms with van der Waals surface area (Å²) in [5, 5.41) is 15.9. The zero-order valence-electron chi connectivity index (χ0n) is 11.7. The molecular formula is C16H20N4. The quantitative estimate of drug-likeness (QED) is 0.822. The van der Waals surface area contributed by atoms with Crippen molar-refractivity contribution in [2.75, 3.05) is 25.0 Å². The van der Waals surface area contributed by atoms with E-state index in [2.05, 4.69) is 27.8 Å². The molecule has 2 aliphatic rings. The summed E-state index contributed by atoms with van der Waals surface area (Å²) in [6, 6.07) is 4.28. The van der Waals surface area contributed by atoms with E-state index in [9.17, 15) is 5.26 Å². The molecule has 1 aliphatic carbocycles. The van der Waals surface area contributed by atoms with Crippen molar-refractivity contribution in [1.82, 2.24) is 10.3 Å². The Hall–Kier alpha value is -1.86. The standard InChI is InChI=1S/C16H20N4/c17-11-14-10-13-2-1-3-15(13)20-16(14)19-9-6-12-4-7-18-8-5-12/h4,10,18H,1-3,5-9H2,(H,19,20). The van der Waals surface area contributed by atoms with Crippen LogP contribution in [-0.4, -0.2) is 24.6 Å². The van der Waals surface area contributed by atoms with Crippen LogP contribution in [0.4, 0.5) is 5.82 Å². The molecule has 0 bridgehead atoms. The minimum absolute atomic E-state index is 0.685. The predicted molar refractivity (Wildman–Crippen MR) is 79.7 cm³/mol. The van der Waals surface area contributed by atoms with E-state index < -0.39 is 0 Å². The second kappa shape index (κ2) is 6.06. The third-order valence-electron chi connectivity index (χ3n) is 4.07. The Kier molecular flexibility index (Phi) is 3.98. The van der Waals surface area contributed by atoms with Gasteiger partial charge in [-0.05, 0) is 50.3 Å². The van der Waals surface area contributed by atoms with Gasteiger partial charge in [-0.2, -0.15) is 5.26 Å². The van der Waals surface area contributed by atoms with Gasteiger partial charge in [-0.3, -0.25) is 0 Å². The number of nitrogens with zero attached hydrogens (tertiary/aromatic N) is 2. The minimum Gasteiger partial charge on any atom is -0.369 e. The number of nitriles is 1. The van der Waals surface area contributed by atoms with E-state index in [0.717, 1.165) is 57.6 Å². The molecule has 20 heavy (non-hydrogen) atoms. The molecule has 0 saturated carbocycles. The fourth-order valence-electron chi connectivity index (χ4n) is 2.93. The van der Waals surface area contributed by atoms with Crippen LogP contribution in [-0.2, 0) is 12.8 Å². The van der Waals surface area contributed by atoms with Gasteiger partial charge in [0.25, 0.3) is 0 Å². The average Bonchev–Trinajstić information content (AvgIpc) is 2.94. The molecule has 2 N–H and O–H groups in total. The molecule has 0 saturated heterocycles. The monoisotopic (exact) mass is 268 g/mol. The Morgan fingerprint density at radius 3 is 3.10 bits per heavy atom. The Bertz CT molecular complexity index is 569. The third-order valence-corrected chi connectivity index (χ3v) is 4.07. The maximum atomic E-state index is 9.25. The molecule has 0 atom stereocenters. The molecule has 1 aromatic heterocycles. The van der Waals surface area contributed by atoms with Gasteiger partial charge >= 0.3 is 0 Å². The average molecular weight is 268 g/mol. The Balaban J connectivity index is 1.65. The lowest BCUT2D eigenvalue weighted by Gasteiger charge is -2.15. The second-order valence-electron chi connectivity index (χ2n) is 5.45. The third kappa shape index (κ3) is 2.83. The number of aryl methyl sites for hydroxylation is 2. The Morgan fingerprint density at radius 2 is 2.30 bits per heavy atom. The van der Waals surface area contributed by atoms with E-state index >= 15 is 0 Å². The summed E-state index contributed by atoms with van der Waals surface area (Å²) in [5.74, 6) is 0.766. The van der Waals surface area contributed by atoms with Gasteiger partial charge in [0.2, 0.25) is 0 Å². The molecule has 3 rings (SSSR count). The molecule has 0 aromatic carbocycles. The number of anilines is 1. The first-order valence-electron chi connectivity index (χ1n) is 7.42. The van der Waals surface area contributed by atoms with Crippen LogP contribution in [0.15, 0.2) is 17.7 Å². The SMILES string of the molecule is N#Cc1cc2c(nc1NCCC1=CCNCC1)CCC2. The number of rotatable bonds is 4. The first-order chi connectivity index (χ1) is 9.86. The van der Waals surface area contributed by atoms with E-state index in [1.807, 2.05) is 6.07 Å². The zero-order valence-corrected chi connectivity index (χ0v) is 11.7. The molecule has 2 heterocycles. The van der Waals surface area contributed by atoms with E-state index in [4.69, 9.17) is 0 Å². The number of nitrogens with one attached hydrogen (secondary N) is 2. The van der Waals surface area contributed by atoms with Crippen molar-refractivity contribution in [3.63, 3.8) is 0 Å². The smallest absolute Gasteiger partial charge is 0.144 e. The van der Waals surface area contributed by atoms with Gasteiger partial charge in [0.1, 0.15) is 11.9 Å². The summed E-state index contributed by atoms with van der Waals surface area (Å²) in [6.07, 6.45) is 7.71. The fourth-order valence-corrected chi connectivity index (χ4v) is 2.93. The van der Waals surface area contributed by atoms with Crippen molar-refractivity contribution in [2.24, 2.45) is 0 Å². The van der Waals surface area contributed by atoms with Crippen LogP contribution in [0, 0.1) is 11.3 Å². The molecule has 4 nitrogen and oxygen atoms in total. The predicted octanol–water partition coefficient (Wildman–Crippen LogP) is 2.16. The summed E-state index contributed by atoms with van der Waals surface area (Å²) in [6.45, 7) is 2.91.